The molecule has 0 aliphatic heterocycles. The summed E-state index contributed by atoms with van der Waals surface area (Å²) in [6.45, 7) is 0. The third-order valence-electron chi connectivity index (χ3n) is 2.39. The summed E-state index contributed by atoms with van der Waals surface area (Å²) in [5, 5.41) is 10.0. The molecule has 0 saturated carbocycles. The van der Waals surface area contributed by atoms with Crippen LogP contribution in [0.5, 0.6) is 0 Å². The first-order valence-corrected chi connectivity index (χ1v) is 5.15. The average Bonchev–Trinajstić information content (AvgIpc) is 2.54. The van der Waals surface area contributed by atoms with Crippen molar-refractivity contribution >= 4 is 11.5 Å². The van der Waals surface area contributed by atoms with Gasteiger partial charge in [-0.25, -0.2) is 0 Å². The Bertz CT molecular complexity index is 479. The number of allylic oxidation sites excluding steroid dienone is 5. The lowest BCUT2D eigenvalue weighted by molar-refractivity contribution is -0.111. The van der Waals surface area contributed by atoms with Crippen LogP contribution in [0.15, 0.2) is 60.2 Å². The van der Waals surface area contributed by atoms with Crippen LogP contribution in [0.4, 0.5) is 0 Å². The first-order chi connectivity index (χ1) is 7.79. The molecule has 0 fully saturated rings. The second-order valence-electron chi connectivity index (χ2n) is 3.53. The van der Waals surface area contributed by atoms with Gasteiger partial charge in [0, 0.05) is 5.56 Å². The number of aliphatic hydroxyl groups is 1. The lowest BCUT2D eigenvalue weighted by atomic mass is 10.0. The molecule has 1 aliphatic rings. The number of carbonyl (C=O) groups excluding carboxylic acids is 1. The van der Waals surface area contributed by atoms with Gasteiger partial charge in [-0.1, -0.05) is 48.6 Å². The van der Waals surface area contributed by atoms with Gasteiger partial charge in [0.1, 0.15) is 5.76 Å². The second kappa shape index (κ2) is 4.62. The molecule has 0 spiro atoms. The number of hydrogen-bond donors (Lipinski definition) is 1. The molecule has 2 rings (SSSR count). The van der Waals surface area contributed by atoms with Crippen LogP contribution in [0.1, 0.15) is 12.0 Å². The fourth-order valence-electron chi connectivity index (χ4n) is 1.56. The third kappa shape index (κ3) is 2.11. The van der Waals surface area contributed by atoms with Gasteiger partial charge in [0.05, 0.1) is 5.57 Å². The molecule has 0 bridgehead atoms. The Hall–Kier alpha value is -2.09. The smallest absolute Gasteiger partial charge is 0.189 e. The largest absolute Gasteiger partial charge is 0.507 e. The Labute approximate surface area is 94.2 Å². The van der Waals surface area contributed by atoms with Crippen LogP contribution < -0.4 is 0 Å². The Morgan fingerprint density at radius 3 is 2.50 bits per heavy atom. The molecule has 0 heterocycles. The molecule has 0 aromatic heterocycles. The maximum absolute atomic E-state index is 11.7. The van der Waals surface area contributed by atoms with E-state index in [-0.39, 0.29) is 11.5 Å². The lowest BCUT2D eigenvalue weighted by Gasteiger charge is -2.03. The van der Waals surface area contributed by atoms with E-state index in [0.717, 1.165) is 6.42 Å². The quantitative estimate of drug-likeness (QED) is 0.574. The van der Waals surface area contributed by atoms with Crippen LogP contribution in [0.3, 0.4) is 0 Å². The minimum atomic E-state index is -0.157. The summed E-state index contributed by atoms with van der Waals surface area (Å²) in [5.41, 5.74) is 1.01. The molecule has 2 heteroatoms. The predicted octanol–water partition coefficient (Wildman–Crippen LogP) is 3.04. The molecule has 16 heavy (non-hydrogen) atoms. The van der Waals surface area contributed by atoms with Crippen molar-refractivity contribution in [1.82, 2.24) is 0 Å². The van der Waals surface area contributed by atoms with Crippen molar-refractivity contribution in [3.63, 3.8) is 0 Å². The first kappa shape index (κ1) is 10.4. The molecule has 1 N–H and O–H groups in total. The molecule has 0 unspecified atom stereocenters. The lowest BCUT2D eigenvalue weighted by Crippen LogP contribution is -1.99. The first-order valence-electron chi connectivity index (χ1n) is 5.15. The Balaban J connectivity index is 2.48. The van der Waals surface area contributed by atoms with Crippen molar-refractivity contribution in [3.05, 3.63) is 65.8 Å². The van der Waals surface area contributed by atoms with Crippen LogP contribution in [-0.4, -0.2) is 10.9 Å². The minimum Gasteiger partial charge on any atom is -0.507 e. The van der Waals surface area contributed by atoms with Crippen LogP contribution in [0.2, 0.25) is 0 Å². The topological polar surface area (TPSA) is 37.3 Å². The maximum atomic E-state index is 11.7. The van der Waals surface area contributed by atoms with Gasteiger partial charge in [0.25, 0.3) is 0 Å². The molecule has 0 radical (unpaired) electrons. The van der Waals surface area contributed by atoms with Gasteiger partial charge in [-0.05, 0) is 12.5 Å². The predicted molar refractivity (Wildman–Crippen MR) is 63.9 cm³/mol. The molecule has 80 valence electrons. The number of ketones is 1. The monoisotopic (exact) mass is 212 g/mol. The number of benzene rings is 1. The fraction of sp³-hybridized carbons (Fsp3) is 0.0714. The highest BCUT2D eigenvalue weighted by Gasteiger charge is 2.12. The van der Waals surface area contributed by atoms with E-state index in [1.165, 1.54) is 6.08 Å². The summed E-state index contributed by atoms with van der Waals surface area (Å²) in [6.07, 6.45) is 7.52. The number of carbonyl (C=O) groups is 1. The highest BCUT2D eigenvalue weighted by Crippen LogP contribution is 2.19. The van der Waals surface area contributed by atoms with E-state index in [0.29, 0.717) is 11.1 Å². The van der Waals surface area contributed by atoms with Crippen LogP contribution >= 0.6 is 0 Å². The zero-order valence-corrected chi connectivity index (χ0v) is 8.76. The SMILES string of the molecule is O=C1C=CCC=C/C1=C(/O)c1ccccc1. The summed E-state index contributed by atoms with van der Waals surface area (Å²) in [6, 6.07) is 9.07. The van der Waals surface area contributed by atoms with E-state index in [2.05, 4.69) is 0 Å². The van der Waals surface area contributed by atoms with Crippen molar-refractivity contribution in [2.24, 2.45) is 0 Å². The van der Waals surface area contributed by atoms with Gasteiger partial charge in [-0.3, -0.25) is 4.79 Å². The van der Waals surface area contributed by atoms with Crippen molar-refractivity contribution in [3.8, 4) is 0 Å². The van der Waals surface area contributed by atoms with Crippen molar-refractivity contribution in [2.45, 2.75) is 6.42 Å². The van der Waals surface area contributed by atoms with Crippen LogP contribution in [0.25, 0.3) is 5.76 Å². The maximum Gasteiger partial charge on any atom is 0.189 e. The minimum absolute atomic E-state index is 0.0356. The molecule has 1 aromatic rings. The van der Waals surface area contributed by atoms with E-state index in [1.807, 2.05) is 24.3 Å². The van der Waals surface area contributed by atoms with E-state index >= 15 is 0 Å². The van der Waals surface area contributed by atoms with Gasteiger partial charge in [-0.2, -0.15) is 0 Å². The average molecular weight is 212 g/mol. The summed E-state index contributed by atoms with van der Waals surface area (Å²) in [4.78, 5) is 11.7. The molecule has 2 nitrogen and oxygen atoms in total. The Morgan fingerprint density at radius 1 is 1.06 bits per heavy atom. The van der Waals surface area contributed by atoms with Gasteiger partial charge in [-0.15, -0.1) is 0 Å². The molecule has 0 saturated heterocycles. The van der Waals surface area contributed by atoms with Gasteiger partial charge in [0.2, 0.25) is 0 Å². The van der Waals surface area contributed by atoms with Gasteiger partial charge >= 0.3 is 0 Å². The van der Waals surface area contributed by atoms with Crippen molar-refractivity contribution < 1.29 is 9.90 Å². The van der Waals surface area contributed by atoms with Crippen LogP contribution in [-0.2, 0) is 4.79 Å². The Morgan fingerprint density at radius 2 is 1.75 bits per heavy atom. The normalized spacial score (nSPS) is 18.4. The number of hydrogen-bond acceptors (Lipinski definition) is 2. The highest BCUT2D eigenvalue weighted by atomic mass is 16.3. The second-order valence-corrected chi connectivity index (χ2v) is 3.53. The summed E-state index contributed by atoms with van der Waals surface area (Å²) in [7, 11) is 0. The molecular weight excluding hydrogens is 200 g/mol. The molecule has 1 aliphatic carbocycles. The Kier molecular flexibility index (Phi) is 3.01. The summed E-state index contributed by atoms with van der Waals surface area (Å²) < 4.78 is 0. The highest BCUT2D eigenvalue weighted by molar-refractivity contribution is 6.10. The van der Waals surface area contributed by atoms with E-state index in [9.17, 15) is 9.90 Å². The molecule has 0 atom stereocenters. The van der Waals surface area contributed by atoms with Crippen molar-refractivity contribution in [2.75, 3.05) is 0 Å². The molecular formula is C14H12O2. The van der Waals surface area contributed by atoms with Crippen LogP contribution in [0, 0.1) is 0 Å². The van der Waals surface area contributed by atoms with Gasteiger partial charge in [0.15, 0.2) is 5.78 Å². The number of rotatable bonds is 1. The van der Waals surface area contributed by atoms with Crippen molar-refractivity contribution in [1.29, 1.82) is 0 Å². The third-order valence-corrected chi connectivity index (χ3v) is 2.39. The summed E-state index contributed by atoms with van der Waals surface area (Å²) in [5.74, 6) is -0.122. The van der Waals surface area contributed by atoms with E-state index in [4.69, 9.17) is 0 Å². The fourth-order valence-corrected chi connectivity index (χ4v) is 1.56. The number of aliphatic hydroxyl groups excluding tert-OH is 1. The zero-order chi connectivity index (χ0) is 11.4. The van der Waals surface area contributed by atoms with E-state index < -0.39 is 0 Å². The van der Waals surface area contributed by atoms with Gasteiger partial charge < -0.3 is 5.11 Å². The standard InChI is InChI=1S/C14H12O2/c15-13-10-6-2-5-9-12(13)14(16)11-7-3-1-4-8-11/h1,3-10,16H,2H2/b14-12-. The summed E-state index contributed by atoms with van der Waals surface area (Å²) >= 11 is 0. The molecule has 1 aromatic carbocycles. The zero-order valence-electron chi connectivity index (χ0n) is 8.76. The molecule has 0 amide bonds. The van der Waals surface area contributed by atoms with E-state index in [1.54, 1.807) is 24.3 Å².